The lowest BCUT2D eigenvalue weighted by Gasteiger charge is -2.10. The van der Waals surface area contributed by atoms with Crippen LogP contribution in [0.1, 0.15) is 38.2 Å². The Labute approximate surface area is 95.8 Å². The third-order valence-electron chi connectivity index (χ3n) is 2.22. The molecule has 1 rings (SSSR count). The smallest absolute Gasteiger partial charge is 0.133 e. The fraction of sp³-hybridized carbons (Fsp3) is 0.636. The minimum absolute atomic E-state index is 0.114. The topological polar surface area (TPSA) is 35.0 Å². The number of nitrogens with zero attached hydrogens (tertiary/aromatic N) is 2. The van der Waals surface area contributed by atoms with E-state index in [-0.39, 0.29) is 6.10 Å². The molecule has 15 heavy (non-hydrogen) atoms. The molecule has 0 N–H and O–H groups in total. The standard InChI is InChI=1S/C11H17ClN2O/c1-7(2)9-6-10(12)14-11(13-9)5-8(3)15-4/h6-8H,5H2,1-4H3. The van der Waals surface area contributed by atoms with Crippen LogP contribution in [0, 0.1) is 0 Å². The van der Waals surface area contributed by atoms with Crippen LogP contribution >= 0.6 is 11.6 Å². The van der Waals surface area contributed by atoms with Gasteiger partial charge in [0.1, 0.15) is 11.0 Å². The molecule has 3 nitrogen and oxygen atoms in total. The molecule has 1 atom stereocenters. The molecule has 0 amide bonds. The summed E-state index contributed by atoms with van der Waals surface area (Å²) in [7, 11) is 1.68. The van der Waals surface area contributed by atoms with Crippen molar-refractivity contribution in [2.75, 3.05) is 7.11 Å². The lowest BCUT2D eigenvalue weighted by Crippen LogP contribution is -2.12. The van der Waals surface area contributed by atoms with Crippen LogP contribution in [0.25, 0.3) is 0 Å². The first kappa shape index (κ1) is 12.4. The quantitative estimate of drug-likeness (QED) is 0.744. The number of methoxy groups -OCH3 is 1. The third-order valence-corrected chi connectivity index (χ3v) is 2.42. The second-order valence-corrected chi connectivity index (χ2v) is 4.32. The number of halogens is 1. The Hall–Kier alpha value is -0.670. The maximum atomic E-state index is 5.93. The molecule has 0 saturated heterocycles. The van der Waals surface area contributed by atoms with E-state index in [4.69, 9.17) is 16.3 Å². The summed E-state index contributed by atoms with van der Waals surface area (Å²) in [6.07, 6.45) is 0.806. The highest BCUT2D eigenvalue weighted by Crippen LogP contribution is 2.16. The van der Waals surface area contributed by atoms with Gasteiger partial charge in [-0.3, -0.25) is 0 Å². The fourth-order valence-electron chi connectivity index (χ4n) is 1.21. The second kappa shape index (κ2) is 5.42. The number of hydrogen-bond acceptors (Lipinski definition) is 3. The van der Waals surface area contributed by atoms with E-state index < -0.39 is 0 Å². The van der Waals surface area contributed by atoms with Crippen molar-refractivity contribution in [3.05, 3.63) is 22.7 Å². The summed E-state index contributed by atoms with van der Waals surface area (Å²) < 4.78 is 5.17. The Morgan fingerprint density at radius 1 is 1.33 bits per heavy atom. The molecule has 0 aliphatic carbocycles. The highest BCUT2D eigenvalue weighted by atomic mass is 35.5. The van der Waals surface area contributed by atoms with Gasteiger partial charge in [-0.05, 0) is 18.9 Å². The predicted octanol–water partition coefficient (Wildman–Crippen LogP) is 2.83. The van der Waals surface area contributed by atoms with Crippen LogP contribution in [0.4, 0.5) is 0 Å². The van der Waals surface area contributed by atoms with E-state index in [1.54, 1.807) is 7.11 Å². The van der Waals surface area contributed by atoms with E-state index in [2.05, 4.69) is 23.8 Å². The van der Waals surface area contributed by atoms with Crippen molar-refractivity contribution in [2.45, 2.75) is 39.2 Å². The number of aromatic nitrogens is 2. The summed E-state index contributed by atoms with van der Waals surface area (Å²) in [5.41, 5.74) is 0.980. The van der Waals surface area contributed by atoms with E-state index in [1.807, 2.05) is 13.0 Å². The molecule has 4 heteroatoms. The first-order valence-corrected chi connectivity index (χ1v) is 5.47. The first-order valence-electron chi connectivity index (χ1n) is 5.09. The second-order valence-electron chi connectivity index (χ2n) is 3.94. The molecule has 1 aromatic heterocycles. The summed E-state index contributed by atoms with van der Waals surface area (Å²) in [6.45, 7) is 6.16. The molecule has 1 unspecified atom stereocenters. The van der Waals surface area contributed by atoms with Crippen LogP contribution in [-0.4, -0.2) is 23.2 Å². The largest absolute Gasteiger partial charge is 0.381 e. The first-order chi connectivity index (χ1) is 7.02. The minimum atomic E-state index is 0.114. The molecule has 0 spiro atoms. The minimum Gasteiger partial charge on any atom is -0.381 e. The van der Waals surface area contributed by atoms with Crippen molar-refractivity contribution in [3.63, 3.8) is 0 Å². The summed E-state index contributed by atoms with van der Waals surface area (Å²) in [5.74, 6) is 1.11. The van der Waals surface area contributed by atoms with Crippen molar-refractivity contribution in [3.8, 4) is 0 Å². The summed E-state index contributed by atoms with van der Waals surface area (Å²) in [5, 5.41) is 0.506. The summed E-state index contributed by atoms with van der Waals surface area (Å²) in [4.78, 5) is 8.62. The average molecular weight is 229 g/mol. The third kappa shape index (κ3) is 3.76. The molecular weight excluding hydrogens is 212 g/mol. The fourth-order valence-corrected chi connectivity index (χ4v) is 1.42. The van der Waals surface area contributed by atoms with Gasteiger partial charge in [-0.15, -0.1) is 0 Å². The van der Waals surface area contributed by atoms with Crippen LogP contribution in [0.5, 0.6) is 0 Å². The number of rotatable bonds is 4. The molecule has 0 aromatic carbocycles. The van der Waals surface area contributed by atoms with E-state index in [1.165, 1.54) is 0 Å². The molecule has 0 radical (unpaired) electrons. The van der Waals surface area contributed by atoms with E-state index in [0.717, 1.165) is 11.5 Å². The Balaban J connectivity index is 2.88. The van der Waals surface area contributed by atoms with Gasteiger partial charge in [0.25, 0.3) is 0 Å². The van der Waals surface area contributed by atoms with Gasteiger partial charge in [0, 0.05) is 19.2 Å². The van der Waals surface area contributed by atoms with E-state index >= 15 is 0 Å². The maximum absolute atomic E-state index is 5.93. The zero-order chi connectivity index (χ0) is 11.4. The van der Waals surface area contributed by atoms with Gasteiger partial charge < -0.3 is 4.74 Å². The Bertz CT molecular complexity index is 328. The molecule has 0 aliphatic heterocycles. The molecular formula is C11H17ClN2O. The summed E-state index contributed by atoms with van der Waals surface area (Å²) in [6, 6.07) is 1.81. The molecule has 0 saturated carbocycles. The van der Waals surface area contributed by atoms with Gasteiger partial charge in [0.05, 0.1) is 6.10 Å². The highest BCUT2D eigenvalue weighted by molar-refractivity contribution is 6.29. The maximum Gasteiger partial charge on any atom is 0.133 e. The molecule has 84 valence electrons. The number of ether oxygens (including phenoxy) is 1. The van der Waals surface area contributed by atoms with Crippen molar-refractivity contribution in [1.82, 2.24) is 9.97 Å². The Kier molecular flexibility index (Phi) is 4.48. The van der Waals surface area contributed by atoms with Crippen LogP contribution in [0.15, 0.2) is 6.07 Å². The molecule has 1 aromatic rings. The van der Waals surface area contributed by atoms with Crippen LogP contribution < -0.4 is 0 Å². The Morgan fingerprint density at radius 2 is 2.00 bits per heavy atom. The monoisotopic (exact) mass is 228 g/mol. The van der Waals surface area contributed by atoms with E-state index in [9.17, 15) is 0 Å². The lowest BCUT2D eigenvalue weighted by atomic mass is 10.1. The molecule has 0 fully saturated rings. The van der Waals surface area contributed by atoms with Crippen LogP contribution in [0.3, 0.4) is 0 Å². The van der Waals surface area contributed by atoms with Gasteiger partial charge in [0.15, 0.2) is 0 Å². The lowest BCUT2D eigenvalue weighted by molar-refractivity contribution is 0.117. The van der Waals surface area contributed by atoms with Gasteiger partial charge in [-0.25, -0.2) is 9.97 Å². The van der Waals surface area contributed by atoms with Crippen LogP contribution in [-0.2, 0) is 11.2 Å². The van der Waals surface area contributed by atoms with Gasteiger partial charge >= 0.3 is 0 Å². The SMILES string of the molecule is COC(C)Cc1nc(Cl)cc(C(C)C)n1. The molecule has 0 aliphatic rings. The Morgan fingerprint density at radius 3 is 2.53 bits per heavy atom. The molecule has 1 heterocycles. The van der Waals surface area contributed by atoms with Crippen molar-refractivity contribution in [2.24, 2.45) is 0 Å². The number of hydrogen-bond donors (Lipinski definition) is 0. The van der Waals surface area contributed by atoms with E-state index in [0.29, 0.717) is 17.5 Å². The highest BCUT2D eigenvalue weighted by Gasteiger charge is 2.09. The van der Waals surface area contributed by atoms with Gasteiger partial charge in [-0.2, -0.15) is 0 Å². The zero-order valence-corrected chi connectivity index (χ0v) is 10.4. The molecule has 0 bridgehead atoms. The normalized spacial score (nSPS) is 13.2. The van der Waals surface area contributed by atoms with Crippen molar-refractivity contribution in [1.29, 1.82) is 0 Å². The van der Waals surface area contributed by atoms with Crippen molar-refractivity contribution >= 4 is 11.6 Å². The zero-order valence-electron chi connectivity index (χ0n) is 9.62. The predicted molar refractivity (Wildman–Crippen MR) is 61.3 cm³/mol. The van der Waals surface area contributed by atoms with Gasteiger partial charge in [0.2, 0.25) is 0 Å². The summed E-state index contributed by atoms with van der Waals surface area (Å²) >= 11 is 5.93. The van der Waals surface area contributed by atoms with Crippen LogP contribution in [0.2, 0.25) is 5.15 Å². The van der Waals surface area contributed by atoms with Gasteiger partial charge in [-0.1, -0.05) is 25.4 Å². The van der Waals surface area contributed by atoms with Crippen molar-refractivity contribution < 1.29 is 4.74 Å². The average Bonchev–Trinajstić information content (AvgIpc) is 2.16.